The van der Waals surface area contributed by atoms with Crippen LogP contribution in [0.25, 0.3) is 11.0 Å². The zero-order chi connectivity index (χ0) is 14.3. The van der Waals surface area contributed by atoms with Crippen molar-refractivity contribution < 1.29 is 4.42 Å². The van der Waals surface area contributed by atoms with Crippen LogP contribution in [0.3, 0.4) is 0 Å². The van der Waals surface area contributed by atoms with Gasteiger partial charge < -0.3 is 10.2 Å². The fourth-order valence-electron chi connectivity index (χ4n) is 2.26. The maximum absolute atomic E-state index is 6.32. The smallest absolute Gasteiger partial charge is 0.152 e. The van der Waals surface area contributed by atoms with E-state index in [-0.39, 0.29) is 0 Å². The molecule has 0 amide bonds. The van der Waals surface area contributed by atoms with E-state index < -0.39 is 6.04 Å². The van der Waals surface area contributed by atoms with Crippen LogP contribution in [0.15, 0.2) is 46.9 Å². The largest absolute Gasteiger partial charge is 0.457 e. The topological polar surface area (TPSA) is 39.2 Å². The molecule has 1 heterocycles. The molecule has 0 saturated heterocycles. The third-order valence-corrected chi connectivity index (χ3v) is 4.19. The molecule has 2 nitrogen and oxygen atoms in total. The van der Waals surface area contributed by atoms with E-state index in [2.05, 4.69) is 0 Å². The van der Waals surface area contributed by atoms with Crippen LogP contribution in [0.1, 0.15) is 22.9 Å². The number of aryl methyl sites for hydroxylation is 1. The normalized spacial score (nSPS) is 12.8. The molecule has 102 valence electrons. The lowest BCUT2D eigenvalue weighted by Crippen LogP contribution is -2.11. The summed E-state index contributed by atoms with van der Waals surface area (Å²) in [5.41, 5.74) is 8.78. The number of hydrogen-bond donors (Lipinski definition) is 1. The lowest BCUT2D eigenvalue weighted by atomic mass is 10.0. The summed E-state index contributed by atoms with van der Waals surface area (Å²) in [5.74, 6) is 0.653. The van der Waals surface area contributed by atoms with E-state index >= 15 is 0 Å². The number of benzene rings is 2. The molecule has 0 aliphatic carbocycles. The van der Waals surface area contributed by atoms with Crippen LogP contribution in [0.2, 0.25) is 10.0 Å². The van der Waals surface area contributed by atoms with Gasteiger partial charge in [-0.05, 0) is 30.2 Å². The molecule has 0 aliphatic rings. The van der Waals surface area contributed by atoms with Crippen molar-refractivity contribution in [3.63, 3.8) is 0 Å². The summed E-state index contributed by atoms with van der Waals surface area (Å²) < 4.78 is 5.79. The molecule has 0 radical (unpaired) electrons. The zero-order valence-electron chi connectivity index (χ0n) is 10.9. The number of rotatable bonds is 2. The Balaban J connectivity index is 2.10. The van der Waals surface area contributed by atoms with Crippen LogP contribution in [-0.2, 0) is 0 Å². The SMILES string of the molecule is Cc1cccc(C(N)c2cc3cccc(Cl)c3o2)c1Cl. The molecule has 3 rings (SSSR count). The molecule has 20 heavy (non-hydrogen) atoms. The highest BCUT2D eigenvalue weighted by molar-refractivity contribution is 6.34. The highest BCUT2D eigenvalue weighted by Gasteiger charge is 2.18. The quantitative estimate of drug-likeness (QED) is 0.715. The van der Waals surface area contributed by atoms with Crippen LogP contribution in [0, 0.1) is 6.92 Å². The summed E-state index contributed by atoms with van der Waals surface area (Å²) in [6, 6.07) is 12.9. The van der Waals surface area contributed by atoms with Crippen LogP contribution in [-0.4, -0.2) is 0 Å². The summed E-state index contributed by atoms with van der Waals surface area (Å²) in [4.78, 5) is 0. The minimum atomic E-state index is -0.411. The Kier molecular flexibility index (Phi) is 3.47. The monoisotopic (exact) mass is 305 g/mol. The van der Waals surface area contributed by atoms with Crippen LogP contribution in [0.4, 0.5) is 0 Å². The van der Waals surface area contributed by atoms with Gasteiger partial charge >= 0.3 is 0 Å². The zero-order valence-corrected chi connectivity index (χ0v) is 12.4. The maximum atomic E-state index is 6.32. The Morgan fingerprint density at radius 3 is 2.60 bits per heavy atom. The van der Waals surface area contributed by atoms with E-state index in [0.717, 1.165) is 16.5 Å². The van der Waals surface area contributed by atoms with Crippen LogP contribution in [0.5, 0.6) is 0 Å². The van der Waals surface area contributed by atoms with Gasteiger partial charge in [0.25, 0.3) is 0 Å². The summed E-state index contributed by atoms with van der Waals surface area (Å²) in [5, 5.41) is 2.19. The third-order valence-electron chi connectivity index (χ3n) is 3.38. The second-order valence-electron chi connectivity index (χ2n) is 4.76. The first-order chi connectivity index (χ1) is 9.58. The van der Waals surface area contributed by atoms with E-state index in [1.165, 1.54) is 0 Å². The van der Waals surface area contributed by atoms with Crippen molar-refractivity contribution in [2.45, 2.75) is 13.0 Å². The number of furan rings is 1. The van der Waals surface area contributed by atoms with Crippen molar-refractivity contribution in [2.75, 3.05) is 0 Å². The molecule has 2 aromatic carbocycles. The Labute approximate surface area is 127 Å². The molecule has 2 N–H and O–H groups in total. The highest BCUT2D eigenvalue weighted by Crippen LogP contribution is 2.33. The molecule has 1 atom stereocenters. The maximum Gasteiger partial charge on any atom is 0.152 e. The molecule has 0 saturated carbocycles. The van der Waals surface area contributed by atoms with Crippen LogP contribution < -0.4 is 5.73 Å². The van der Waals surface area contributed by atoms with Gasteiger partial charge in [0.1, 0.15) is 5.76 Å². The third kappa shape index (κ3) is 2.20. The fourth-order valence-corrected chi connectivity index (χ4v) is 2.73. The predicted octanol–water partition coefficient (Wildman–Crippen LogP) is 5.10. The number of halogens is 2. The molecule has 3 aromatic rings. The molecule has 0 aliphatic heterocycles. The minimum absolute atomic E-state index is 0.411. The minimum Gasteiger partial charge on any atom is -0.457 e. The molecular formula is C16H13Cl2NO. The fraction of sp³-hybridized carbons (Fsp3) is 0.125. The number of nitrogens with two attached hydrogens (primary N) is 1. The number of hydrogen-bond acceptors (Lipinski definition) is 2. The van der Waals surface area contributed by atoms with E-state index in [9.17, 15) is 0 Å². The lowest BCUT2D eigenvalue weighted by molar-refractivity contribution is 0.525. The van der Waals surface area contributed by atoms with Crippen molar-refractivity contribution in [1.82, 2.24) is 0 Å². The van der Waals surface area contributed by atoms with E-state index in [1.807, 2.05) is 43.3 Å². The van der Waals surface area contributed by atoms with Crippen molar-refractivity contribution >= 4 is 34.2 Å². The molecule has 0 spiro atoms. The predicted molar refractivity (Wildman–Crippen MR) is 83.4 cm³/mol. The molecule has 1 aromatic heterocycles. The van der Waals surface area contributed by atoms with E-state index in [4.69, 9.17) is 33.4 Å². The van der Waals surface area contributed by atoms with Crippen LogP contribution >= 0.6 is 23.2 Å². The van der Waals surface area contributed by atoms with Gasteiger partial charge in [-0.3, -0.25) is 0 Å². The van der Waals surface area contributed by atoms with Gasteiger partial charge in [0, 0.05) is 10.4 Å². The van der Waals surface area contributed by atoms with Crippen molar-refractivity contribution in [3.8, 4) is 0 Å². The second kappa shape index (κ2) is 5.13. The van der Waals surface area contributed by atoms with Crippen molar-refractivity contribution in [2.24, 2.45) is 5.73 Å². The first-order valence-corrected chi connectivity index (χ1v) is 7.02. The van der Waals surface area contributed by atoms with Crippen molar-refractivity contribution in [1.29, 1.82) is 0 Å². The molecular weight excluding hydrogens is 293 g/mol. The average molecular weight is 306 g/mol. The molecule has 1 unspecified atom stereocenters. The van der Waals surface area contributed by atoms with Gasteiger partial charge in [-0.2, -0.15) is 0 Å². The summed E-state index contributed by atoms with van der Waals surface area (Å²) in [6.45, 7) is 1.95. The Morgan fingerprint density at radius 1 is 1.10 bits per heavy atom. The second-order valence-corrected chi connectivity index (χ2v) is 5.55. The van der Waals surface area contributed by atoms with Crippen molar-refractivity contribution in [3.05, 3.63) is 69.4 Å². The van der Waals surface area contributed by atoms with Gasteiger partial charge in [-0.25, -0.2) is 0 Å². The summed E-state index contributed by atoms with van der Waals surface area (Å²) in [6.07, 6.45) is 0. The van der Waals surface area contributed by atoms with Gasteiger partial charge in [-0.15, -0.1) is 0 Å². The Bertz CT molecular complexity index is 779. The first-order valence-electron chi connectivity index (χ1n) is 6.26. The van der Waals surface area contributed by atoms with Gasteiger partial charge in [0.2, 0.25) is 0 Å². The summed E-state index contributed by atoms with van der Waals surface area (Å²) >= 11 is 12.4. The Hall–Kier alpha value is -1.48. The molecule has 0 fully saturated rings. The van der Waals surface area contributed by atoms with E-state index in [0.29, 0.717) is 21.4 Å². The number of fused-ring (bicyclic) bond motifs is 1. The average Bonchev–Trinajstić information content (AvgIpc) is 2.87. The number of para-hydroxylation sites is 1. The summed E-state index contributed by atoms with van der Waals surface area (Å²) in [7, 11) is 0. The van der Waals surface area contributed by atoms with Gasteiger partial charge in [0.05, 0.1) is 11.1 Å². The van der Waals surface area contributed by atoms with Gasteiger partial charge in [0.15, 0.2) is 5.58 Å². The highest BCUT2D eigenvalue weighted by atomic mass is 35.5. The Morgan fingerprint density at radius 2 is 1.85 bits per heavy atom. The lowest BCUT2D eigenvalue weighted by Gasteiger charge is -2.12. The first kappa shape index (κ1) is 13.5. The molecule has 4 heteroatoms. The van der Waals surface area contributed by atoms with Gasteiger partial charge in [-0.1, -0.05) is 53.5 Å². The van der Waals surface area contributed by atoms with E-state index in [1.54, 1.807) is 6.07 Å². The standard InChI is InChI=1S/C16H13Cl2NO/c1-9-4-2-6-11(14(9)18)15(19)13-8-10-5-3-7-12(17)16(10)20-13/h2-8,15H,19H2,1H3. The molecule has 0 bridgehead atoms.